The Morgan fingerprint density at radius 3 is 2.52 bits per heavy atom. The molecule has 0 saturated carbocycles. The summed E-state index contributed by atoms with van der Waals surface area (Å²) in [5.41, 5.74) is 4.36. The molecule has 0 radical (unpaired) electrons. The zero-order valence-corrected chi connectivity index (χ0v) is 14.3. The van der Waals surface area contributed by atoms with E-state index in [1.807, 2.05) is 42.5 Å². The molecule has 25 heavy (non-hydrogen) atoms. The minimum Gasteiger partial charge on any atom is -0.346 e. The van der Waals surface area contributed by atoms with Crippen LogP contribution in [0.3, 0.4) is 0 Å². The standard InChI is InChI=1S/C20H23N3O2/c1-2-14-7-9-17(10-8-14)23-19(24)13-22-20(25)18-11-15-5-3-4-6-16(15)12-21-18/h3-10,18,21H,2,11-13H2,1H3,(H,22,25)(H,23,24)/t18-/m0/s1. The lowest BCUT2D eigenvalue weighted by atomic mass is 9.95. The van der Waals surface area contributed by atoms with Crippen molar-refractivity contribution >= 4 is 17.5 Å². The maximum atomic E-state index is 12.3. The lowest BCUT2D eigenvalue weighted by molar-refractivity contribution is -0.125. The van der Waals surface area contributed by atoms with Gasteiger partial charge in [-0.05, 0) is 41.7 Å². The quantitative estimate of drug-likeness (QED) is 0.782. The van der Waals surface area contributed by atoms with E-state index in [-0.39, 0.29) is 24.4 Å². The molecule has 1 aliphatic heterocycles. The lowest BCUT2D eigenvalue weighted by Gasteiger charge is -2.25. The van der Waals surface area contributed by atoms with Crippen LogP contribution in [0.1, 0.15) is 23.6 Å². The summed E-state index contributed by atoms with van der Waals surface area (Å²) in [4.78, 5) is 24.3. The van der Waals surface area contributed by atoms with Crippen LogP contribution in [0.5, 0.6) is 0 Å². The van der Waals surface area contributed by atoms with Gasteiger partial charge in [0.2, 0.25) is 11.8 Å². The van der Waals surface area contributed by atoms with Gasteiger partial charge in [0.1, 0.15) is 0 Å². The number of benzene rings is 2. The Morgan fingerprint density at radius 1 is 1.08 bits per heavy atom. The topological polar surface area (TPSA) is 70.2 Å². The van der Waals surface area contributed by atoms with E-state index in [9.17, 15) is 9.59 Å². The molecule has 1 heterocycles. The van der Waals surface area contributed by atoms with E-state index in [4.69, 9.17) is 0 Å². The van der Waals surface area contributed by atoms with Crippen LogP contribution in [0, 0.1) is 0 Å². The second-order valence-corrected chi connectivity index (χ2v) is 6.22. The van der Waals surface area contributed by atoms with Crippen molar-refractivity contribution in [3.8, 4) is 0 Å². The summed E-state index contributed by atoms with van der Waals surface area (Å²) >= 11 is 0. The number of hydrogen-bond donors (Lipinski definition) is 3. The van der Waals surface area contributed by atoms with Crippen molar-refractivity contribution in [2.45, 2.75) is 32.4 Å². The Balaban J connectivity index is 1.48. The van der Waals surface area contributed by atoms with Crippen LogP contribution in [-0.2, 0) is 29.0 Å². The fraction of sp³-hybridized carbons (Fsp3) is 0.300. The molecule has 0 fully saturated rings. The van der Waals surface area contributed by atoms with Crippen molar-refractivity contribution in [1.82, 2.24) is 10.6 Å². The lowest BCUT2D eigenvalue weighted by Crippen LogP contribution is -2.49. The fourth-order valence-corrected chi connectivity index (χ4v) is 2.96. The van der Waals surface area contributed by atoms with Gasteiger partial charge in [0, 0.05) is 12.2 Å². The van der Waals surface area contributed by atoms with Gasteiger partial charge in [-0.3, -0.25) is 9.59 Å². The first-order valence-electron chi connectivity index (χ1n) is 8.62. The van der Waals surface area contributed by atoms with Crippen molar-refractivity contribution in [2.75, 3.05) is 11.9 Å². The van der Waals surface area contributed by atoms with Crippen molar-refractivity contribution in [1.29, 1.82) is 0 Å². The minimum absolute atomic E-state index is 0.0335. The first-order valence-corrected chi connectivity index (χ1v) is 8.62. The summed E-state index contributed by atoms with van der Waals surface area (Å²) < 4.78 is 0. The van der Waals surface area contributed by atoms with Gasteiger partial charge in [0.05, 0.1) is 12.6 Å². The molecule has 2 aromatic rings. The second kappa shape index (κ2) is 7.94. The second-order valence-electron chi connectivity index (χ2n) is 6.22. The Labute approximate surface area is 147 Å². The highest BCUT2D eigenvalue weighted by Gasteiger charge is 2.23. The smallest absolute Gasteiger partial charge is 0.243 e. The van der Waals surface area contributed by atoms with Crippen LogP contribution >= 0.6 is 0 Å². The largest absolute Gasteiger partial charge is 0.346 e. The highest BCUT2D eigenvalue weighted by molar-refractivity contribution is 5.95. The Kier molecular flexibility index (Phi) is 5.46. The van der Waals surface area contributed by atoms with E-state index in [0.717, 1.165) is 12.1 Å². The average Bonchev–Trinajstić information content (AvgIpc) is 2.66. The van der Waals surface area contributed by atoms with Crippen LogP contribution in [0.2, 0.25) is 0 Å². The van der Waals surface area contributed by atoms with Gasteiger partial charge in [-0.1, -0.05) is 43.3 Å². The van der Waals surface area contributed by atoms with E-state index in [1.165, 1.54) is 16.7 Å². The maximum Gasteiger partial charge on any atom is 0.243 e. The molecule has 0 bridgehead atoms. The molecule has 1 atom stereocenters. The van der Waals surface area contributed by atoms with Crippen LogP contribution in [0.25, 0.3) is 0 Å². The molecule has 2 aromatic carbocycles. The first kappa shape index (κ1) is 17.2. The van der Waals surface area contributed by atoms with Gasteiger partial charge >= 0.3 is 0 Å². The summed E-state index contributed by atoms with van der Waals surface area (Å²) in [6.07, 6.45) is 1.60. The number of carbonyl (C=O) groups excluding carboxylic acids is 2. The monoisotopic (exact) mass is 337 g/mol. The number of anilines is 1. The molecule has 0 spiro atoms. The molecule has 0 aliphatic carbocycles. The highest BCUT2D eigenvalue weighted by Crippen LogP contribution is 2.16. The van der Waals surface area contributed by atoms with E-state index >= 15 is 0 Å². The SMILES string of the molecule is CCc1ccc(NC(=O)CNC(=O)[C@@H]2Cc3ccccc3CN2)cc1. The predicted octanol–water partition coefficient (Wildman–Crippen LogP) is 2.02. The number of amides is 2. The zero-order valence-electron chi connectivity index (χ0n) is 14.3. The van der Waals surface area contributed by atoms with Gasteiger partial charge < -0.3 is 16.0 Å². The number of carbonyl (C=O) groups is 2. The van der Waals surface area contributed by atoms with E-state index in [1.54, 1.807) is 0 Å². The minimum atomic E-state index is -0.300. The Hall–Kier alpha value is -2.66. The highest BCUT2D eigenvalue weighted by atomic mass is 16.2. The summed E-state index contributed by atoms with van der Waals surface area (Å²) in [5, 5.41) is 8.72. The average molecular weight is 337 g/mol. The van der Waals surface area contributed by atoms with E-state index < -0.39 is 0 Å². The molecule has 5 nitrogen and oxygen atoms in total. The molecule has 130 valence electrons. The van der Waals surface area contributed by atoms with Gasteiger partial charge in [0.25, 0.3) is 0 Å². The van der Waals surface area contributed by atoms with E-state index in [0.29, 0.717) is 13.0 Å². The molecule has 0 saturated heterocycles. The van der Waals surface area contributed by atoms with Crippen molar-refractivity contribution < 1.29 is 9.59 Å². The van der Waals surface area contributed by atoms with Crippen molar-refractivity contribution in [3.05, 3.63) is 65.2 Å². The Morgan fingerprint density at radius 2 is 1.80 bits per heavy atom. The van der Waals surface area contributed by atoms with Crippen molar-refractivity contribution in [2.24, 2.45) is 0 Å². The van der Waals surface area contributed by atoms with Gasteiger partial charge in [-0.25, -0.2) is 0 Å². The Bertz CT molecular complexity index is 756. The summed E-state index contributed by atoms with van der Waals surface area (Å²) in [7, 11) is 0. The van der Waals surface area contributed by atoms with Crippen LogP contribution in [-0.4, -0.2) is 24.4 Å². The predicted molar refractivity (Wildman–Crippen MR) is 98.2 cm³/mol. The summed E-state index contributed by atoms with van der Waals surface area (Å²) in [5.74, 6) is -0.375. The first-order chi connectivity index (χ1) is 12.2. The molecule has 3 N–H and O–H groups in total. The van der Waals surface area contributed by atoms with Crippen LogP contribution in [0.4, 0.5) is 5.69 Å². The molecule has 0 aromatic heterocycles. The van der Waals surface area contributed by atoms with Crippen molar-refractivity contribution in [3.63, 3.8) is 0 Å². The number of aryl methyl sites for hydroxylation is 1. The number of nitrogens with one attached hydrogen (secondary N) is 3. The van der Waals surface area contributed by atoms with Gasteiger partial charge in [-0.15, -0.1) is 0 Å². The molecule has 1 aliphatic rings. The van der Waals surface area contributed by atoms with Crippen LogP contribution in [0.15, 0.2) is 48.5 Å². The third kappa shape index (κ3) is 4.45. The molecule has 0 unspecified atom stereocenters. The normalized spacial score (nSPS) is 16.0. The molecular formula is C20H23N3O2. The summed E-state index contributed by atoms with van der Waals surface area (Å²) in [6, 6.07) is 15.5. The molecule has 2 amide bonds. The van der Waals surface area contributed by atoms with Gasteiger partial charge in [-0.2, -0.15) is 0 Å². The third-order valence-corrected chi connectivity index (χ3v) is 4.47. The molecular weight excluding hydrogens is 314 g/mol. The zero-order chi connectivity index (χ0) is 17.6. The number of hydrogen-bond acceptors (Lipinski definition) is 3. The number of fused-ring (bicyclic) bond motifs is 1. The molecule has 3 rings (SSSR count). The van der Waals surface area contributed by atoms with Gasteiger partial charge in [0.15, 0.2) is 0 Å². The maximum absolute atomic E-state index is 12.3. The summed E-state index contributed by atoms with van der Waals surface area (Å²) in [6.45, 7) is 2.72. The molecule has 5 heteroatoms. The third-order valence-electron chi connectivity index (χ3n) is 4.47. The fourth-order valence-electron chi connectivity index (χ4n) is 2.96. The van der Waals surface area contributed by atoms with Crippen LogP contribution < -0.4 is 16.0 Å². The van der Waals surface area contributed by atoms with E-state index in [2.05, 4.69) is 28.9 Å². The number of rotatable bonds is 5.